The molecule has 0 aromatic carbocycles. The van der Waals surface area contributed by atoms with Crippen molar-refractivity contribution in [2.45, 2.75) is 6.42 Å². The highest BCUT2D eigenvalue weighted by atomic mass is 14.7. The number of nitrogens with zero attached hydrogens (tertiary/aromatic N) is 2. The van der Waals surface area contributed by atoms with E-state index in [-0.39, 0.29) is 0 Å². The van der Waals surface area contributed by atoms with Gasteiger partial charge < -0.3 is 5.73 Å². The smallest absolute Gasteiger partial charge is 0.140 e. The lowest BCUT2D eigenvalue weighted by Crippen LogP contribution is -2.02. The number of hydrogen-bond donors (Lipinski definition) is 1. The Hall–Kier alpha value is -1.40. The third kappa shape index (κ3) is 2.03. The molecule has 1 heterocycles. The van der Waals surface area contributed by atoms with Gasteiger partial charge in [-0.3, -0.25) is 0 Å². The van der Waals surface area contributed by atoms with E-state index >= 15 is 0 Å². The molecule has 1 rings (SSSR count). The largest absolute Gasteiger partial charge is 0.330 e. The second-order valence-corrected chi connectivity index (χ2v) is 2.20. The van der Waals surface area contributed by atoms with Crippen LogP contribution in [0, 0.1) is 11.3 Å². The van der Waals surface area contributed by atoms with E-state index in [2.05, 4.69) is 4.98 Å². The Morgan fingerprint density at radius 3 is 2.82 bits per heavy atom. The third-order valence-corrected chi connectivity index (χ3v) is 1.37. The molecule has 56 valence electrons. The van der Waals surface area contributed by atoms with Crippen LogP contribution in [-0.2, 0) is 6.42 Å². The first-order chi connectivity index (χ1) is 5.36. The molecule has 0 aliphatic carbocycles. The second-order valence-electron chi connectivity index (χ2n) is 2.20. The van der Waals surface area contributed by atoms with E-state index in [1.165, 1.54) is 0 Å². The van der Waals surface area contributed by atoms with E-state index in [4.69, 9.17) is 11.0 Å². The average molecular weight is 147 g/mol. The highest BCUT2D eigenvalue weighted by molar-refractivity contribution is 5.23. The van der Waals surface area contributed by atoms with Gasteiger partial charge >= 0.3 is 0 Å². The van der Waals surface area contributed by atoms with Gasteiger partial charge in [0.05, 0.1) is 0 Å². The lowest BCUT2D eigenvalue weighted by atomic mass is 10.2. The highest BCUT2D eigenvalue weighted by Gasteiger charge is 1.92. The van der Waals surface area contributed by atoms with Crippen LogP contribution >= 0.6 is 0 Å². The Balaban J connectivity index is 2.76. The van der Waals surface area contributed by atoms with Crippen molar-refractivity contribution < 1.29 is 0 Å². The quantitative estimate of drug-likeness (QED) is 0.660. The van der Waals surface area contributed by atoms with Crippen molar-refractivity contribution >= 4 is 0 Å². The zero-order valence-corrected chi connectivity index (χ0v) is 6.12. The van der Waals surface area contributed by atoms with Gasteiger partial charge in [-0.05, 0) is 24.6 Å². The molecule has 0 amide bonds. The van der Waals surface area contributed by atoms with Crippen LogP contribution in [0.5, 0.6) is 0 Å². The summed E-state index contributed by atoms with van der Waals surface area (Å²) < 4.78 is 0. The van der Waals surface area contributed by atoms with Crippen LogP contribution in [-0.4, -0.2) is 11.5 Å². The van der Waals surface area contributed by atoms with Gasteiger partial charge in [-0.1, -0.05) is 6.07 Å². The lowest BCUT2D eigenvalue weighted by Gasteiger charge is -1.95. The molecule has 0 atom stereocenters. The van der Waals surface area contributed by atoms with Crippen molar-refractivity contribution in [3.63, 3.8) is 0 Å². The standard InChI is InChI=1S/C8H9N3/c9-4-3-7-1-2-8(5-10)11-6-7/h1-2,6H,3-4,9H2. The Kier molecular flexibility index (Phi) is 2.59. The predicted molar refractivity (Wildman–Crippen MR) is 41.7 cm³/mol. The molecular weight excluding hydrogens is 138 g/mol. The summed E-state index contributed by atoms with van der Waals surface area (Å²) in [7, 11) is 0. The van der Waals surface area contributed by atoms with Crippen molar-refractivity contribution in [1.82, 2.24) is 4.98 Å². The minimum absolute atomic E-state index is 0.450. The number of pyridine rings is 1. The van der Waals surface area contributed by atoms with Crippen molar-refractivity contribution in [2.24, 2.45) is 5.73 Å². The fraction of sp³-hybridized carbons (Fsp3) is 0.250. The monoisotopic (exact) mass is 147 g/mol. The van der Waals surface area contributed by atoms with Gasteiger partial charge in [0.25, 0.3) is 0 Å². The zero-order valence-electron chi connectivity index (χ0n) is 6.12. The molecule has 1 aromatic rings. The molecule has 0 radical (unpaired) electrons. The van der Waals surface area contributed by atoms with Gasteiger partial charge in [-0.25, -0.2) is 4.98 Å². The van der Waals surface area contributed by atoms with Crippen LogP contribution in [0.3, 0.4) is 0 Å². The topological polar surface area (TPSA) is 62.7 Å². The Morgan fingerprint density at radius 2 is 2.36 bits per heavy atom. The molecule has 3 heteroatoms. The molecule has 0 saturated heterocycles. The van der Waals surface area contributed by atoms with Gasteiger partial charge in [0.2, 0.25) is 0 Å². The fourth-order valence-electron chi connectivity index (χ4n) is 0.805. The van der Waals surface area contributed by atoms with Gasteiger partial charge in [-0.2, -0.15) is 5.26 Å². The van der Waals surface area contributed by atoms with Crippen molar-refractivity contribution in [2.75, 3.05) is 6.54 Å². The van der Waals surface area contributed by atoms with E-state index in [1.54, 1.807) is 12.3 Å². The average Bonchev–Trinajstić information content (AvgIpc) is 2.07. The van der Waals surface area contributed by atoms with E-state index in [0.29, 0.717) is 12.2 Å². The molecule has 0 bridgehead atoms. The summed E-state index contributed by atoms with van der Waals surface area (Å²) in [5, 5.41) is 8.42. The summed E-state index contributed by atoms with van der Waals surface area (Å²) in [6.45, 7) is 0.619. The number of nitriles is 1. The maximum Gasteiger partial charge on any atom is 0.140 e. The van der Waals surface area contributed by atoms with Gasteiger partial charge in [0, 0.05) is 6.20 Å². The van der Waals surface area contributed by atoms with Crippen LogP contribution < -0.4 is 5.73 Å². The maximum atomic E-state index is 8.42. The lowest BCUT2D eigenvalue weighted by molar-refractivity contribution is 0.957. The van der Waals surface area contributed by atoms with Crippen LogP contribution in [0.1, 0.15) is 11.3 Å². The molecule has 0 fully saturated rings. The molecule has 0 saturated carbocycles. The summed E-state index contributed by atoms with van der Waals surface area (Å²) in [5.74, 6) is 0. The SMILES string of the molecule is N#Cc1ccc(CCN)cn1. The van der Waals surface area contributed by atoms with E-state index in [1.807, 2.05) is 12.1 Å². The summed E-state index contributed by atoms with van der Waals surface area (Å²) in [5.41, 5.74) is 6.86. The molecular formula is C8H9N3. The van der Waals surface area contributed by atoms with E-state index in [0.717, 1.165) is 12.0 Å². The van der Waals surface area contributed by atoms with Gasteiger partial charge in [0.15, 0.2) is 0 Å². The van der Waals surface area contributed by atoms with Crippen LogP contribution in [0.4, 0.5) is 0 Å². The van der Waals surface area contributed by atoms with Crippen molar-refractivity contribution in [3.05, 3.63) is 29.6 Å². The second kappa shape index (κ2) is 3.69. The fourth-order valence-corrected chi connectivity index (χ4v) is 0.805. The van der Waals surface area contributed by atoms with Gasteiger partial charge in [-0.15, -0.1) is 0 Å². The first-order valence-electron chi connectivity index (χ1n) is 3.42. The molecule has 0 aliphatic rings. The molecule has 2 N–H and O–H groups in total. The maximum absolute atomic E-state index is 8.42. The van der Waals surface area contributed by atoms with Crippen molar-refractivity contribution in [3.8, 4) is 6.07 Å². The van der Waals surface area contributed by atoms with Crippen LogP contribution in [0.25, 0.3) is 0 Å². The molecule has 3 nitrogen and oxygen atoms in total. The highest BCUT2D eigenvalue weighted by Crippen LogP contribution is 1.98. The minimum Gasteiger partial charge on any atom is -0.330 e. The minimum atomic E-state index is 0.450. The number of nitrogens with two attached hydrogens (primary N) is 1. The van der Waals surface area contributed by atoms with Crippen molar-refractivity contribution in [1.29, 1.82) is 5.26 Å². The Labute approximate surface area is 65.5 Å². The number of aromatic nitrogens is 1. The summed E-state index contributed by atoms with van der Waals surface area (Å²) in [6, 6.07) is 5.53. The molecule has 1 aromatic heterocycles. The van der Waals surface area contributed by atoms with Crippen LogP contribution in [0.2, 0.25) is 0 Å². The number of hydrogen-bond acceptors (Lipinski definition) is 3. The number of rotatable bonds is 2. The summed E-state index contributed by atoms with van der Waals surface area (Å²) >= 11 is 0. The first kappa shape index (κ1) is 7.70. The molecule has 11 heavy (non-hydrogen) atoms. The molecule has 0 spiro atoms. The summed E-state index contributed by atoms with van der Waals surface area (Å²) in [4.78, 5) is 3.90. The molecule has 0 aliphatic heterocycles. The Morgan fingerprint density at radius 1 is 1.55 bits per heavy atom. The predicted octanol–water partition coefficient (Wildman–Crippen LogP) is 0.454. The normalized spacial score (nSPS) is 9.09. The van der Waals surface area contributed by atoms with E-state index in [9.17, 15) is 0 Å². The summed E-state index contributed by atoms with van der Waals surface area (Å²) in [6.07, 6.45) is 2.50. The van der Waals surface area contributed by atoms with Gasteiger partial charge in [0.1, 0.15) is 11.8 Å². The Bertz CT molecular complexity index is 258. The zero-order chi connectivity index (χ0) is 8.10. The first-order valence-corrected chi connectivity index (χ1v) is 3.42. The van der Waals surface area contributed by atoms with E-state index < -0.39 is 0 Å². The van der Waals surface area contributed by atoms with Crippen LogP contribution in [0.15, 0.2) is 18.3 Å². The molecule has 0 unspecified atom stereocenters. The third-order valence-electron chi connectivity index (χ3n) is 1.37.